The lowest BCUT2D eigenvalue weighted by atomic mass is 10.00. The zero-order chi connectivity index (χ0) is 31.1. The Morgan fingerprint density at radius 2 is 1.17 bits per heavy atom. The van der Waals surface area contributed by atoms with Gasteiger partial charge >= 0.3 is 11.9 Å². The van der Waals surface area contributed by atoms with Crippen LogP contribution in [0.1, 0.15) is 124 Å². The Kier molecular flexibility index (Phi) is 28.3. The molecule has 6 heteroatoms. The predicted molar refractivity (Wildman–Crippen MR) is 174 cm³/mol. The Bertz CT molecular complexity index is 795. The molecule has 0 heterocycles. The fourth-order valence-corrected chi connectivity index (χ4v) is 4.03. The minimum atomic E-state index is -1.04. The van der Waals surface area contributed by atoms with Crippen molar-refractivity contribution >= 4 is 11.9 Å². The van der Waals surface area contributed by atoms with E-state index in [1.165, 1.54) is 32.1 Å². The van der Waals surface area contributed by atoms with Gasteiger partial charge in [0.15, 0.2) is 0 Å². The molecule has 42 heavy (non-hydrogen) atoms. The number of esters is 2. The summed E-state index contributed by atoms with van der Waals surface area (Å²) in [5.74, 6) is 0.0391. The van der Waals surface area contributed by atoms with Gasteiger partial charge in [0.25, 0.3) is 0 Å². The number of carbonyl (C=O) groups is 2. The number of hydrogen-bond donors (Lipinski definition) is 2. The quantitative estimate of drug-likeness (QED) is 0.0433. The maximum atomic E-state index is 11.9. The smallest absolute Gasteiger partial charge is 0.305 e. The Balaban J connectivity index is 3.74. The summed E-state index contributed by atoms with van der Waals surface area (Å²) in [6.45, 7) is 6.27. The highest BCUT2D eigenvalue weighted by Gasteiger charge is 2.12. The van der Waals surface area contributed by atoms with E-state index >= 15 is 0 Å². The minimum absolute atomic E-state index is 0.152. The van der Waals surface area contributed by atoms with Crippen LogP contribution in [0.5, 0.6) is 0 Å². The lowest BCUT2D eigenvalue weighted by Gasteiger charge is -2.12. The number of unbranched alkanes of at least 4 members (excludes halogenated alkanes) is 5. The van der Waals surface area contributed by atoms with E-state index in [2.05, 4.69) is 57.2 Å². The summed E-state index contributed by atoms with van der Waals surface area (Å²) in [6, 6.07) is 0. The molecule has 0 aromatic rings. The van der Waals surface area contributed by atoms with E-state index in [1.807, 2.05) is 18.2 Å². The van der Waals surface area contributed by atoms with E-state index in [-0.39, 0.29) is 25.6 Å². The van der Waals surface area contributed by atoms with Crippen LogP contribution >= 0.6 is 0 Å². The molecule has 2 unspecified atom stereocenters. The number of allylic oxidation sites excluding steroid dienone is 9. The molecule has 0 saturated heterocycles. The number of carbonyl (C=O) groups excluding carboxylic acids is 2. The van der Waals surface area contributed by atoms with E-state index in [1.54, 1.807) is 6.08 Å². The van der Waals surface area contributed by atoms with Crippen molar-refractivity contribution in [3.8, 4) is 0 Å². The van der Waals surface area contributed by atoms with E-state index in [0.717, 1.165) is 50.9 Å². The molecule has 0 saturated carbocycles. The zero-order valence-electron chi connectivity index (χ0n) is 26.8. The van der Waals surface area contributed by atoms with Crippen LogP contribution in [0.25, 0.3) is 0 Å². The summed E-state index contributed by atoms with van der Waals surface area (Å²) in [5, 5.41) is 20.0. The number of aliphatic hydroxyl groups excluding tert-OH is 2. The number of hydrogen-bond acceptors (Lipinski definition) is 6. The van der Waals surface area contributed by atoms with Crippen LogP contribution in [0.2, 0.25) is 0 Å². The highest BCUT2D eigenvalue weighted by atomic mass is 16.6. The van der Waals surface area contributed by atoms with Gasteiger partial charge < -0.3 is 19.7 Å². The Hall–Kier alpha value is -2.44. The van der Waals surface area contributed by atoms with Crippen molar-refractivity contribution in [1.29, 1.82) is 0 Å². The predicted octanol–water partition coefficient (Wildman–Crippen LogP) is 8.49. The van der Waals surface area contributed by atoms with Crippen LogP contribution in [0.3, 0.4) is 0 Å². The molecule has 2 N–H and O–H groups in total. The van der Waals surface area contributed by atoms with E-state index in [0.29, 0.717) is 19.3 Å². The Morgan fingerprint density at radius 3 is 1.76 bits per heavy atom. The first-order chi connectivity index (χ1) is 20.4. The first-order valence-electron chi connectivity index (χ1n) is 16.3. The van der Waals surface area contributed by atoms with Crippen molar-refractivity contribution in [1.82, 2.24) is 0 Å². The summed E-state index contributed by atoms with van der Waals surface area (Å²) < 4.78 is 10.2. The molecular formula is C36H60O6. The summed E-state index contributed by atoms with van der Waals surface area (Å²) in [6.07, 6.45) is 33.1. The zero-order valence-corrected chi connectivity index (χ0v) is 26.8. The highest BCUT2D eigenvalue weighted by molar-refractivity contribution is 5.69. The maximum absolute atomic E-state index is 11.9. The van der Waals surface area contributed by atoms with Gasteiger partial charge in [-0.15, -0.1) is 0 Å². The maximum Gasteiger partial charge on any atom is 0.305 e. The van der Waals surface area contributed by atoms with E-state index in [9.17, 15) is 19.8 Å². The molecule has 0 aromatic heterocycles. The minimum Gasteiger partial charge on any atom is -0.463 e. The van der Waals surface area contributed by atoms with Gasteiger partial charge in [-0.2, -0.15) is 0 Å². The molecule has 3 atom stereocenters. The van der Waals surface area contributed by atoms with Gasteiger partial charge in [0, 0.05) is 12.8 Å². The van der Waals surface area contributed by atoms with Gasteiger partial charge in [0.05, 0.1) is 6.10 Å². The van der Waals surface area contributed by atoms with Crippen LogP contribution in [0, 0.1) is 5.92 Å². The molecule has 0 fully saturated rings. The molecule has 0 radical (unpaired) electrons. The third kappa shape index (κ3) is 29.1. The van der Waals surface area contributed by atoms with Crippen LogP contribution < -0.4 is 0 Å². The summed E-state index contributed by atoms with van der Waals surface area (Å²) >= 11 is 0. The molecule has 6 nitrogen and oxygen atoms in total. The van der Waals surface area contributed by atoms with Gasteiger partial charge in [-0.1, -0.05) is 126 Å². The van der Waals surface area contributed by atoms with Gasteiger partial charge in [0.2, 0.25) is 0 Å². The second-order valence-electron chi connectivity index (χ2n) is 11.0. The molecular weight excluding hydrogens is 528 g/mol. The van der Waals surface area contributed by atoms with Crippen molar-refractivity contribution < 1.29 is 29.3 Å². The molecule has 0 bridgehead atoms. The van der Waals surface area contributed by atoms with Gasteiger partial charge in [0.1, 0.15) is 19.3 Å². The number of rotatable bonds is 27. The van der Waals surface area contributed by atoms with Crippen LogP contribution in [-0.4, -0.2) is 47.6 Å². The van der Waals surface area contributed by atoms with Gasteiger partial charge in [-0.3, -0.25) is 9.59 Å². The SMILES string of the molecule is CC/C=C\C/C=C\C/C=C\C/C=C\C=C\C(O)CCCC(=O)OC[C@@H](O)COC(=O)CCCCCCCCC(C)CC. The first-order valence-corrected chi connectivity index (χ1v) is 16.3. The van der Waals surface area contributed by atoms with Crippen molar-refractivity contribution in [3.05, 3.63) is 60.8 Å². The van der Waals surface area contributed by atoms with Gasteiger partial charge in [-0.05, 0) is 50.9 Å². The molecule has 0 amide bonds. The molecule has 0 rings (SSSR count). The lowest BCUT2D eigenvalue weighted by Crippen LogP contribution is -2.25. The van der Waals surface area contributed by atoms with Crippen molar-refractivity contribution in [2.24, 2.45) is 5.92 Å². The van der Waals surface area contributed by atoms with E-state index < -0.39 is 18.2 Å². The molecule has 0 aliphatic heterocycles. The second-order valence-corrected chi connectivity index (χ2v) is 11.0. The monoisotopic (exact) mass is 588 g/mol. The lowest BCUT2D eigenvalue weighted by molar-refractivity contribution is -0.152. The molecule has 0 aliphatic rings. The first kappa shape index (κ1) is 39.6. The molecule has 0 aliphatic carbocycles. The largest absolute Gasteiger partial charge is 0.463 e. The third-order valence-corrected chi connectivity index (χ3v) is 6.91. The van der Waals surface area contributed by atoms with Crippen molar-refractivity contribution in [3.63, 3.8) is 0 Å². The summed E-state index contributed by atoms with van der Waals surface area (Å²) in [4.78, 5) is 23.8. The average molecular weight is 589 g/mol. The fraction of sp³-hybridized carbons (Fsp3) is 0.667. The fourth-order valence-electron chi connectivity index (χ4n) is 4.03. The summed E-state index contributed by atoms with van der Waals surface area (Å²) in [5.41, 5.74) is 0. The van der Waals surface area contributed by atoms with Crippen molar-refractivity contribution in [2.45, 2.75) is 136 Å². The standard InChI is InChI=1S/C36H60O6/c1-4-6-7-8-9-10-11-12-13-14-15-19-22-26-33(37)27-24-29-36(40)42-31-34(38)30-41-35(39)28-23-20-17-16-18-21-25-32(3)5-2/h6-7,9-10,12-13,15,19,22,26,32-34,37-38H,4-5,8,11,14,16-18,20-21,23-25,27-31H2,1-3H3/b7-6-,10-9-,13-12-,19-15-,26-22+/t32?,33?,34-/m0/s1. The second kappa shape index (κ2) is 30.0. The number of aliphatic hydroxyl groups is 2. The molecule has 0 spiro atoms. The Morgan fingerprint density at radius 1 is 0.643 bits per heavy atom. The van der Waals surface area contributed by atoms with Crippen LogP contribution in [0.4, 0.5) is 0 Å². The van der Waals surface area contributed by atoms with Crippen LogP contribution in [-0.2, 0) is 19.1 Å². The highest BCUT2D eigenvalue weighted by Crippen LogP contribution is 2.14. The van der Waals surface area contributed by atoms with Crippen molar-refractivity contribution in [2.75, 3.05) is 13.2 Å². The average Bonchev–Trinajstić information content (AvgIpc) is 2.98. The summed E-state index contributed by atoms with van der Waals surface area (Å²) in [7, 11) is 0. The topological polar surface area (TPSA) is 93.1 Å². The molecule has 0 aromatic carbocycles. The molecule has 240 valence electrons. The number of ether oxygens (including phenoxy) is 2. The van der Waals surface area contributed by atoms with Gasteiger partial charge in [-0.25, -0.2) is 0 Å². The normalized spacial score (nSPS) is 14.5. The van der Waals surface area contributed by atoms with E-state index in [4.69, 9.17) is 9.47 Å². The van der Waals surface area contributed by atoms with Crippen LogP contribution in [0.15, 0.2) is 60.8 Å². The Labute approximate surface area is 256 Å². The third-order valence-electron chi connectivity index (χ3n) is 6.91.